The van der Waals surface area contributed by atoms with Gasteiger partial charge in [0.05, 0.1) is 16.9 Å². The molecule has 158 valence electrons. The van der Waals surface area contributed by atoms with Gasteiger partial charge < -0.3 is 4.57 Å². The number of hydrazine groups is 1. The molecule has 6 heteroatoms. The zero-order valence-electron chi connectivity index (χ0n) is 17.7. The normalized spacial score (nSPS) is 19.0. The van der Waals surface area contributed by atoms with E-state index in [0.29, 0.717) is 30.3 Å². The van der Waals surface area contributed by atoms with Gasteiger partial charge in [-0.2, -0.15) is 0 Å². The van der Waals surface area contributed by atoms with E-state index in [2.05, 4.69) is 0 Å². The monoisotopic (exact) mass is 415 g/mol. The minimum Gasteiger partial charge on any atom is -0.309 e. The number of aromatic nitrogens is 1. The van der Waals surface area contributed by atoms with E-state index in [4.69, 9.17) is 0 Å². The highest BCUT2D eigenvalue weighted by molar-refractivity contribution is 6.23. The second-order valence-corrected chi connectivity index (χ2v) is 8.25. The summed E-state index contributed by atoms with van der Waals surface area (Å²) in [5.41, 5.74) is 3.24. The Kier molecular flexibility index (Phi) is 4.65. The molecule has 0 bridgehead atoms. The molecule has 6 nitrogen and oxygen atoms in total. The number of carbonyl (C=O) groups excluding carboxylic acids is 2. The Labute approximate surface area is 180 Å². The summed E-state index contributed by atoms with van der Waals surface area (Å²) in [5, 5.41) is 3.97. The second-order valence-electron chi connectivity index (χ2n) is 8.25. The van der Waals surface area contributed by atoms with E-state index in [1.54, 1.807) is 10.6 Å². The molecule has 2 heterocycles. The zero-order valence-corrected chi connectivity index (χ0v) is 17.7. The predicted molar refractivity (Wildman–Crippen MR) is 121 cm³/mol. The van der Waals surface area contributed by atoms with E-state index < -0.39 is 5.92 Å². The van der Waals surface area contributed by atoms with Gasteiger partial charge in [-0.05, 0) is 68.0 Å². The van der Waals surface area contributed by atoms with E-state index in [1.165, 1.54) is 10.0 Å². The largest absolute Gasteiger partial charge is 0.309 e. The lowest BCUT2D eigenvalue weighted by Crippen LogP contribution is -2.41. The van der Waals surface area contributed by atoms with Gasteiger partial charge in [0.2, 0.25) is 0 Å². The first kappa shape index (κ1) is 19.5. The molecule has 0 N–H and O–H groups in total. The van der Waals surface area contributed by atoms with Crippen molar-refractivity contribution < 1.29 is 9.59 Å². The maximum Gasteiger partial charge on any atom is 0.258 e. The fourth-order valence-corrected chi connectivity index (χ4v) is 4.59. The van der Waals surface area contributed by atoms with Crippen LogP contribution in [0, 0.1) is 5.92 Å². The molecule has 1 saturated carbocycles. The third kappa shape index (κ3) is 3.05. The molecule has 1 atom stereocenters. The van der Waals surface area contributed by atoms with Crippen molar-refractivity contribution in [2.45, 2.75) is 45.6 Å². The third-order valence-electron chi connectivity index (χ3n) is 6.33. The molecule has 2 fully saturated rings. The van der Waals surface area contributed by atoms with Crippen LogP contribution in [0.25, 0.3) is 10.9 Å². The minimum absolute atomic E-state index is 0.00837. The van der Waals surface area contributed by atoms with Crippen molar-refractivity contribution in [3.8, 4) is 0 Å². The number of pyridine rings is 1. The Morgan fingerprint density at radius 3 is 2.13 bits per heavy atom. The van der Waals surface area contributed by atoms with Crippen molar-refractivity contribution in [2.75, 3.05) is 10.0 Å². The van der Waals surface area contributed by atoms with Crippen molar-refractivity contribution in [1.82, 2.24) is 4.57 Å². The molecule has 1 aromatic heterocycles. The van der Waals surface area contributed by atoms with E-state index in [1.807, 2.05) is 62.4 Å². The van der Waals surface area contributed by atoms with Gasteiger partial charge in [0, 0.05) is 18.0 Å². The highest BCUT2D eigenvalue weighted by Crippen LogP contribution is 2.43. The number of nitrogens with zero attached hydrogens (tertiary/aromatic N) is 3. The smallest absolute Gasteiger partial charge is 0.258 e. The summed E-state index contributed by atoms with van der Waals surface area (Å²) in [6.07, 6.45) is 2.60. The molecular weight excluding hydrogens is 390 g/mol. The van der Waals surface area contributed by atoms with Gasteiger partial charge in [0.25, 0.3) is 17.4 Å². The van der Waals surface area contributed by atoms with Gasteiger partial charge in [0.1, 0.15) is 5.92 Å². The number of amides is 2. The van der Waals surface area contributed by atoms with Crippen LogP contribution in [0.15, 0.2) is 59.4 Å². The van der Waals surface area contributed by atoms with E-state index >= 15 is 0 Å². The van der Waals surface area contributed by atoms with Crippen LogP contribution in [0.3, 0.4) is 0 Å². The summed E-state index contributed by atoms with van der Waals surface area (Å²) in [5.74, 6) is -0.725. The van der Waals surface area contributed by atoms with Crippen molar-refractivity contribution in [2.24, 2.45) is 5.92 Å². The van der Waals surface area contributed by atoms with Gasteiger partial charge in [-0.3, -0.25) is 14.4 Å². The molecule has 1 aliphatic carbocycles. The Bertz CT molecular complexity index is 1240. The maximum absolute atomic E-state index is 13.3. The van der Waals surface area contributed by atoms with Crippen molar-refractivity contribution in [1.29, 1.82) is 0 Å². The average Bonchev–Trinajstić information content (AvgIpc) is 3.59. The van der Waals surface area contributed by atoms with Gasteiger partial charge in [-0.1, -0.05) is 25.1 Å². The van der Waals surface area contributed by atoms with Crippen LogP contribution in [0.5, 0.6) is 0 Å². The molecule has 2 aromatic carbocycles. The van der Waals surface area contributed by atoms with Crippen LogP contribution in [0.1, 0.15) is 44.6 Å². The number of para-hydroxylation sites is 1. The summed E-state index contributed by atoms with van der Waals surface area (Å²) in [6.45, 7) is 4.39. The zero-order chi connectivity index (χ0) is 21.7. The molecule has 2 aliphatic rings. The molecule has 31 heavy (non-hydrogen) atoms. The van der Waals surface area contributed by atoms with Gasteiger partial charge in [0.15, 0.2) is 0 Å². The van der Waals surface area contributed by atoms with Crippen LogP contribution in [0.4, 0.5) is 11.4 Å². The van der Waals surface area contributed by atoms with E-state index in [0.717, 1.165) is 29.3 Å². The standard InChI is InChI=1S/C25H25N3O3/c1-3-19-24(30)27(17-8-6-5-7-9-17)28(25(19)31)18-12-13-22-21(14-18)20(16-10-11-16)15-23(29)26(22)4-2/h5-9,12-16,19H,3-4,10-11H2,1-2H3. The van der Waals surface area contributed by atoms with Gasteiger partial charge >= 0.3 is 0 Å². The fourth-order valence-electron chi connectivity index (χ4n) is 4.59. The van der Waals surface area contributed by atoms with Crippen LogP contribution in [0.2, 0.25) is 0 Å². The maximum atomic E-state index is 13.3. The first-order chi connectivity index (χ1) is 15.0. The van der Waals surface area contributed by atoms with Crippen LogP contribution in [-0.4, -0.2) is 16.4 Å². The lowest BCUT2D eigenvalue weighted by molar-refractivity contribution is -0.127. The van der Waals surface area contributed by atoms with Crippen LogP contribution >= 0.6 is 0 Å². The fraction of sp³-hybridized carbons (Fsp3) is 0.320. The lowest BCUT2D eigenvalue weighted by atomic mass is 10.0. The van der Waals surface area contributed by atoms with Crippen molar-refractivity contribution in [3.05, 3.63) is 70.5 Å². The number of fused-ring (bicyclic) bond motifs is 1. The number of carbonyl (C=O) groups is 2. The number of anilines is 2. The van der Waals surface area contributed by atoms with E-state index in [-0.39, 0.29) is 17.4 Å². The number of aryl methyl sites for hydroxylation is 1. The molecule has 2 amide bonds. The van der Waals surface area contributed by atoms with Gasteiger partial charge in [-0.15, -0.1) is 0 Å². The Balaban J connectivity index is 1.71. The van der Waals surface area contributed by atoms with E-state index in [9.17, 15) is 14.4 Å². The first-order valence-corrected chi connectivity index (χ1v) is 11.0. The number of rotatable bonds is 5. The molecule has 3 aromatic rings. The second kappa shape index (κ2) is 7.38. The minimum atomic E-state index is -0.691. The van der Waals surface area contributed by atoms with Crippen LogP contribution in [-0.2, 0) is 16.1 Å². The Morgan fingerprint density at radius 2 is 1.52 bits per heavy atom. The van der Waals surface area contributed by atoms with Crippen molar-refractivity contribution in [3.63, 3.8) is 0 Å². The summed E-state index contributed by atoms with van der Waals surface area (Å²) < 4.78 is 1.76. The molecule has 0 spiro atoms. The third-order valence-corrected chi connectivity index (χ3v) is 6.33. The number of hydrogen-bond donors (Lipinski definition) is 0. The Morgan fingerprint density at radius 1 is 0.839 bits per heavy atom. The number of benzene rings is 2. The van der Waals surface area contributed by atoms with Crippen LogP contribution < -0.4 is 15.6 Å². The highest BCUT2D eigenvalue weighted by Gasteiger charge is 2.46. The summed E-state index contributed by atoms with van der Waals surface area (Å²) in [6, 6.07) is 16.7. The Hall–Kier alpha value is -3.41. The quantitative estimate of drug-likeness (QED) is 0.586. The summed E-state index contributed by atoms with van der Waals surface area (Å²) in [4.78, 5) is 39.0. The molecule has 1 unspecified atom stereocenters. The summed E-state index contributed by atoms with van der Waals surface area (Å²) >= 11 is 0. The molecule has 5 rings (SSSR count). The van der Waals surface area contributed by atoms with Gasteiger partial charge in [-0.25, -0.2) is 10.0 Å². The molecule has 1 saturated heterocycles. The topological polar surface area (TPSA) is 62.6 Å². The average molecular weight is 415 g/mol. The highest BCUT2D eigenvalue weighted by atomic mass is 16.2. The SMILES string of the molecule is CCC1C(=O)N(c2ccccc2)N(c2ccc3c(c2)c(C2CC2)cc(=O)n3CC)C1=O. The van der Waals surface area contributed by atoms with Crippen molar-refractivity contribution >= 4 is 34.1 Å². The summed E-state index contributed by atoms with van der Waals surface area (Å²) in [7, 11) is 0. The molecule has 0 radical (unpaired) electrons. The number of hydrogen-bond acceptors (Lipinski definition) is 3. The molecule has 1 aliphatic heterocycles. The first-order valence-electron chi connectivity index (χ1n) is 11.0. The molecular formula is C25H25N3O3. The lowest BCUT2D eigenvalue weighted by Gasteiger charge is -2.28. The predicted octanol–water partition coefficient (Wildman–Crippen LogP) is 4.22.